The van der Waals surface area contributed by atoms with Crippen molar-refractivity contribution in [1.82, 2.24) is 0 Å². The first-order chi connectivity index (χ1) is 2.91. The van der Waals surface area contributed by atoms with Gasteiger partial charge in [-0.2, -0.15) is 0 Å². The summed E-state index contributed by atoms with van der Waals surface area (Å²) in [7, 11) is -0.657. The maximum Gasteiger partial charge on any atom is 2.00 e. The molecule has 0 aliphatic rings. The van der Waals surface area contributed by atoms with Crippen molar-refractivity contribution in [3.63, 3.8) is 0 Å². The molecular weight excluding hydrogens is 139 g/mol. The van der Waals surface area contributed by atoms with E-state index in [0.717, 1.165) is 0 Å². The molecule has 38 valence electrons. The predicted molar refractivity (Wildman–Crippen MR) is 33.1 cm³/mol. The van der Waals surface area contributed by atoms with Crippen LogP contribution in [0.5, 0.6) is 0 Å². The van der Waals surface area contributed by atoms with Crippen molar-refractivity contribution in [2.24, 2.45) is 0 Å². The molecule has 0 saturated heterocycles. The van der Waals surface area contributed by atoms with Crippen LogP contribution < -0.4 is 0 Å². The van der Waals surface area contributed by atoms with Crippen LogP contribution >= 0.6 is 8.69 Å². The van der Waals surface area contributed by atoms with Crippen molar-refractivity contribution in [3.8, 4) is 0 Å². The summed E-state index contributed by atoms with van der Waals surface area (Å²) in [4.78, 5) is 0. The van der Waals surface area contributed by atoms with E-state index in [4.69, 9.17) is 0 Å². The van der Waals surface area contributed by atoms with Gasteiger partial charge in [-0.05, 0) is 4.57 Å². The summed E-state index contributed by atoms with van der Waals surface area (Å²) in [6.45, 7) is 3.72. The Morgan fingerprint density at radius 2 is 2.57 bits per heavy atom. The molecular formula is C3H8CaO2P+. The second-order valence-electron chi connectivity index (χ2n) is 0.683. The summed E-state index contributed by atoms with van der Waals surface area (Å²) in [5.41, 5.74) is 0. The van der Waals surface area contributed by atoms with Gasteiger partial charge in [0.2, 0.25) is 0 Å². The average Bonchev–Trinajstić information content (AvgIpc) is 1.61. The van der Waals surface area contributed by atoms with Gasteiger partial charge in [-0.15, -0.1) is 11.1 Å². The van der Waals surface area contributed by atoms with Crippen LogP contribution in [0.15, 0.2) is 12.7 Å². The van der Waals surface area contributed by atoms with E-state index in [1.54, 1.807) is 6.08 Å². The topological polar surface area (TPSA) is 26.3 Å². The fourth-order valence-electron chi connectivity index (χ4n) is 0.0929. The van der Waals surface area contributed by atoms with Crippen molar-refractivity contribution in [3.05, 3.63) is 12.7 Å². The summed E-state index contributed by atoms with van der Waals surface area (Å²) in [5.74, 6) is 0. The van der Waals surface area contributed by atoms with Crippen LogP contribution in [0.4, 0.5) is 0 Å². The molecule has 1 unspecified atom stereocenters. The number of hydrogen-bond acceptors (Lipinski definition) is 2. The summed E-state index contributed by atoms with van der Waals surface area (Å²) in [6.07, 6.45) is 1.55. The van der Waals surface area contributed by atoms with Gasteiger partial charge < -0.3 is 2.85 Å². The van der Waals surface area contributed by atoms with E-state index in [-0.39, 0.29) is 40.6 Å². The Balaban J connectivity index is -0.0000000417. The van der Waals surface area contributed by atoms with Crippen LogP contribution in [0.3, 0.4) is 0 Å². The van der Waals surface area contributed by atoms with Gasteiger partial charge in [-0.1, -0.05) is 6.08 Å². The van der Waals surface area contributed by atoms with Gasteiger partial charge in [-0.3, -0.25) is 0 Å². The first-order valence-electron chi connectivity index (χ1n) is 1.51. The van der Waals surface area contributed by atoms with Gasteiger partial charge in [-0.25, -0.2) is 0 Å². The zero-order chi connectivity index (χ0) is 4.83. The average molecular weight is 147 g/mol. The molecule has 0 fully saturated rings. The van der Waals surface area contributed by atoms with Crippen LogP contribution in [-0.2, 0) is 9.09 Å². The minimum Gasteiger partial charge on any atom is -1.00 e. The first kappa shape index (κ1) is 10.9. The molecule has 0 N–H and O–H groups in total. The van der Waals surface area contributed by atoms with Crippen LogP contribution in [0.2, 0.25) is 0 Å². The second-order valence-corrected chi connectivity index (χ2v) is 1.14. The first-order valence-corrected chi connectivity index (χ1v) is 2.33. The Bertz CT molecular complexity index is 55.8. The van der Waals surface area contributed by atoms with E-state index in [2.05, 4.69) is 11.1 Å². The smallest absolute Gasteiger partial charge is 1.00 e. The van der Waals surface area contributed by atoms with E-state index in [0.29, 0.717) is 6.61 Å². The standard InChI is InChI=1S/C3H6O2P.Ca.2H/c1-2-3-5-6-4;;;/h2,6H,1,3H2;;;/q+1;+2;2*-1. The molecule has 0 amide bonds. The zero-order valence-electron chi connectivity index (χ0n) is 6.02. The van der Waals surface area contributed by atoms with Crippen molar-refractivity contribution in [2.75, 3.05) is 6.61 Å². The largest absolute Gasteiger partial charge is 2.00 e. The van der Waals surface area contributed by atoms with Gasteiger partial charge >= 0.3 is 46.4 Å². The fraction of sp³-hybridized carbons (Fsp3) is 0.333. The normalized spacial score (nSPS) is 7.43. The molecule has 0 rings (SSSR count). The van der Waals surface area contributed by atoms with Gasteiger partial charge in [0.1, 0.15) is 6.61 Å². The molecule has 0 aromatic rings. The van der Waals surface area contributed by atoms with Gasteiger partial charge in [0.25, 0.3) is 0 Å². The minimum absolute atomic E-state index is 0. The Labute approximate surface area is 77.2 Å². The SMILES string of the molecule is C=CCO[PH+]=O.[Ca+2].[H-].[H-]. The Kier molecular flexibility index (Phi) is 15.8. The minimum atomic E-state index is -0.657. The molecule has 1 atom stereocenters. The van der Waals surface area contributed by atoms with Crippen LogP contribution in [-0.4, -0.2) is 44.3 Å². The Morgan fingerprint density at radius 3 is 2.71 bits per heavy atom. The molecule has 4 heteroatoms. The molecule has 0 saturated carbocycles. The number of rotatable bonds is 3. The molecule has 0 radical (unpaired) electrons. The van der Waals surface area contributed by atoms with Crippen molar-refractivity contribution >= 4 is 46.4 Å². The second kappa shape index (κ2) is 10.1. The maximum absolute atomic E-state index is 9.45. The third-order valence-corrected chi connectivity index (χ3v) is 0.545. The van der Waals surface area contributed by atoms with E-state index in [1.807, 2.05) is 0 Å². The Hall–Kier alpha value is 1.06. The molecule has 0 aliphatic carbocycles. The predicted octanol–water partition coefficient (Wildman–Crippen LogP) is 0.972. The Morgan fingerprint density at radius 1 is 2.00 bits per heavy atom. The molecule has 0 aromatic heterocycles. The molecule has 0 heterocycles. The quantitative estimate of drug-likeness (QED) is 0.257. The van der Waals surface area contributed by atoms with E-state index in [1.165, 1.54) is 0 Å². The van der Waals surface area contributed by atoms with E-state index in [9.17, 15) is 4.57 Å². The molecule has 2 nitrogen and oxygen atoms in total. The third kappa shape index (κ3) is 11.0. The van der Waals surface area contributed by atoms with Gasteiger partial charge in [0.05, 0.1) is 0 Å². The summed E-state index contributed by atoms with van der Waals surface area (Å²) >= 11 is 0. The maximum atomic E-state index is 9.45. The molecule has 0 bridgehead atoms. The van der Waals surface area contributed by atoms with E-state index >= 15 is 0 Å². The van der Waals surface area contributed by atoms with Crippen molar-refractivity contribution in [2.45, 2.75) is 0 Å². The monoisotopic (exact) mass is 147 g/mol. The third-order valence-electron chi connectivity index (χ3n) is 0.260. The van der Waals surface area contributed by atoms with Crippen LogP contribution in [0.25, 0.3) is 0 Å². The van der Waals surface area contributed by atoms with Crippen LogP contribution in [0.1, 0.15) is 2.85 Å². The number of hydrogen-bond donors (Lipinski definition) is 0. The molecule has 0 aromatic carbocycles. The van der Waals surface area contributed by atoms with Gasteiger partial charge in [0.15, 0.2) is 0 Å². The molecule has 0 aliphatic heterocycles. The molecule has 0 spiro atoms. The summed E-state index contributed by atoms with van der Waals surface area (Å²) in [6, 6.07) is 0. The zero-order valence-corrected chi connectivity index (χ0v) is 7.22. The summed E-state index contributed by atoms with van der Waals surface area (Å²) in [5, 5.41) is 0. The van der Waals surface area contributed by atoms with Crippen LogP contribution in [0, 0.1) is 0 Å². The fourth-order valence-corrected chi connectivity index (χ4v) is 0.279. The molecule has 7 heavy (non-hydrogen) atoms. The van der Waals surface area contributed by atoms with Crippen molar-refractivity contribution in [1.29, 1.82) is 0 Å². The van der Waals surface area contributed by atoms with Crippen molar-refractivity contribution < 1.29 is 11.9 Å². The summed E-state index contributed by atoms with van der Waals surface area (Å²) < 4.78 is 13.8. The van der Waals surface area contributed by atoms with E-state index < -0.39 is 8.69 Å². The van der Waals surface area contributed by atoms with Gasteiger partial charge in [0, 0.05) is 0 Å².